The molecule has 0 saturated heterocycles. The highest BCUT2D eigenvalue weighted by atomic mass is 28.3. The van der Waals surface area contributed by atoms with Crippen LogP contribution in [0.1, 0.15) is 5.56 Å². The van der Waals surface area contributed by atoms with E-state index in [1.807, 2.05) is 0 Å². The molecule has 0 atom stereocenters. The molecule has 0 amide bonds. The van der Waals surface area contributed by atoms with Crippen molar-refractivity contribution in [3.05, 3.63) is 115 Å². The molecular weight excluding hydrogens is 339 g/mol. The SMILES string of the molecule is B[Si](c1ccccc1)(c1ccccc1)c1ccc(-c2ccccc2C)cc1. The summed E-state index contributed by atoms with van der Waals surface area (Å²) in [6, 6.07) is 39.8. The maximum atomic E-state index is 2.46. The molecule has 0 N–H and O–H groups in total. The van der Waals surface area contributed by atoms with E-state index in [1.54, 1.807) is 0 Å². The Morgan fingerprint density at radius 1 is 0.519 bits per heavy atom. The lowest BCUT2D eigenvalue weighted by Gasteiger charge is -2.30. The van der Waals surface area contributed by atoms with E-state index in [0.717, 1.165) is 0 Å². The summed E-state index contributed by atoms with van der Waals surface area (Å²) in [5, 5.41) is 4.33. The first-order chi connectivity index (χ1) is 13.2. The lowest BCUT2D eigenvalue weighted by Crippen LogP contribution is -2.68. The zero-order chi connectivity index (χ0) is 18.7. The van der Waals surface area contributed by atoms with Crippen molar-refractivity contribution in [3.63, 3.8) is 0 Å². The molecular formula is C25H23BSi. The van der Waals surface area contributed by atoms with Crippen LogP contribution in [0.2, 0.25) is 0 Å². The van der Waals surface area contributed by atoms with E-state index in [0.29, 0.717) is 0 Å². The molecule has 0 bridgehead atoms. The van der Waals surface area contributed by atoms with Crippen LogP contribution in [0.3, 0.4) is 0 Å². The average molecular weight is 362 g/mol. The van der Waals surface area contributed by atoms with E-state index in [1.165, 1.54) is 32.3 Å². The number of hydrogen-bond donors (Lipinski definition) is 0. The molecule has 27 heavy (non-hydrogen) atoms. The van der Waals surface area contributed by atoms with Crippen molar-refractivity contribution in [1.82, 2.24) is 0 Å². The van der Waals surface area contributed by atoms with Crippen LogP contribution >= 0.6 is 0 Å². The van der Waals surface area contributed by atoms with Crippen molar-refractivity contribution < 1.29 is 0 Å². The standard InChI is InChI=1S/C25H23BSi/c1-20-10-8-9-15-25(20)21-16-18-24(19-17-21)27(26,22-11-4-2-5-12-22)23-13-6-3-7-14-23/h2-19H,26H2,1H3. The van der Waals surface area contributed by atoms with Gasteiger partial charge in [0, 0.05) is 0 Å². The summed E-state index contributed by atoms with van der Waals surface area (Å²) in [4.78, 5) is 0. The van der Waals surface area contributed by atoms with E-state index in [4.69, 9.17) is 0 Å². The summed E-state index contributed by atoms with van der Waals surface area (Å²) < 4.78 is 0. The molecule has 130 valence electrons. The summed E-state index contributed by atoms with van der Waals surface area (Å²) in [7, 11) is 0.444. The molecule has 0 spiro atoms. The molecule has 0 heterocycles. The normalized spacial score (nSPS) is 11.3. The molecule has 0 aliphatic rings. The van der Waals surface area contributed by atoms with Gasteiger partial charge in [-0.05, 0) is 23.6 Å². The molecule has 0 saturated carbocycles. The van der Waals surface area contributed by atoms with Gasteiger partial charge in [0.15, 0.2) is 0 Å². The maximum absolute atomic E-state index is 2.46. The van der Waals surface area contributed by atoms with E-state index in [2.05, 4.69) is 124 Å². The zero-order valence-electron chi connectivity index (χ0n) is 15.9. The van der Waals surface area contributed by atoms with Gasteiger partial charge in [-0.25, -0.2) is 0 Å². The predicted octanol–water partition coefficient (Wildman–Crippen LogP) is 3.26. The highest BCUT2D eigenvalue weighted by Crippen LogP contribution is 2.22. The van der Waals surface area contributed by atoms with Gasteiger partial charge in [0.2, 0.25) is 0 Å². The lowest BCUT2D eigenvalue weighted by molar-refractivity contribution is 1.46. The van der Waals surface area contributed by atoms with Crippen LogP contribution in [0.5, 0.6) is 0 Å². The van der Waals surface area contributed by atoms with Gasteiger partial charge in [0.1, 0.15) is 15.4 Å². The van der Waals surface area contributed by atoms with Crippen LogP contribution in [0.4, 0.5) is 0 Å². The van der Waals surface area contributed by atoms with Crippen molar-refractivity contribution in [2.75, 3.05) is 0 Å². The van der Waals surface area contributed by atoms with Crippen molar-refractivity contribution in [3.8, 4) is 11.1 Å². The summed E-state index contributed by atoms with van der Waals surface area (Å²) in [6.45, 7) is 2.18. The molecule has 0 nitrogen and oxygen atoms in total. The molecule has 0 aliphatic heterocycles. The Kier molecular flexibility index (Phi) is 4.83. The molecule has 2 heteroatoms. The first kappa shape index (κ1) is 17.6. The van der Waals surface area contributed by atoms with Gasteiger partial charge in [-0.1, -0.05) is 125 Å². The Hall–Kier alpha value is -2.84. The molecule has 0 fully saturated rings. The monoisotopic (exact) mass is 362 g/mol. The van der Waals surface area contributed by atoms with Gasteiger partial charge in [0.25, 0.3) is 0 Å². The lowest BCUT2D eigenvalue weighted by atomic mass is 10.0. The second-order valence-electron chi connectivity index (χ2n) is 7.25. The van der Waals surface area contributed by atoms with Crippen molar-refractivity contribution in [2.24, 2.45) is 0 Å². The Morgan fingerprint density at radius 3 is 1.48 bits per heavy atom. The fourth-order valence-corrected chi connectivity index (χ4v) is 7.47. The largest absolute Gasteiger partial charge is 0.114 e. The first-order valence-corrected chi connectivity index (χ1v) is 12.0. The third kappa shape index (κ3) is 3.29. The summed E-state index contributed by atoms with van der Waals surface area (Å²) in [6.07, 6.45) is 0. The molecule has 4 aromatic carbocycles. The minimum atomic E-state index is -2.02. The number of hydrogen-bond acceptors (Lipinski definition) is 0. The Bertz CT molecular complexity index is 985. The Balaban J connectivity index is 1.83. The highest BCUT2D eigenvalue weighted by molar-refractivity contribution is 7.38. The fraction of sp³-hybridized carbons (Fsp3) is 0.0400. The van der Waals surface area contributed by atoms with E-state index in [9.17, 15) is 0 Å². The minimum Gasteiger partial charge on any atom is -0.0629 e. The number of aryl methyl sites for hydroxylation is 1. The molecule has 4 aromatic rings. The number of benzene rings is 4. The van der Waals surface area contributed by atoms with E-state index >= 15 is 0 Å². The van der Waals surface area contributed by atoms with Crippen LogP contribution in [0.15, 0.2) is 109 Å². The van der Waals surface area contributed by atoms with Gasteiger partial charge in [0.05, 0.1) is 0 Å². The Morgan fingerprint density at radius 2 is 0.963 bits per heavy atom. The second-order valence-corrected chi connectivity index (χ2v) is 11.2. The van der Waals surface area contributed by atoms with Crippen molar-refractivity contribution >= 4 is 30.9 Å². The second kappa shape index (κ2) is 7.42. The van der Waals surface area contributed by atoms with E-state index in [-0.39, 0.29) is 0 Å². The molecule has 0 aromatic heterocycles. The summed E-state index contributed by atoms with van der Waals surface area (Å²) >= 11 is 0. The first-order valence-electron chi connectivity index (χ1n) is 9.47. The van der Waals surface area contributed by atoms with E-state index < -0.39 is 7.94 Å². The van der Waals surface area contributed by atoms with Gasteiger partial charge in [-0.2, -0.15) is 0 Å². The third-order valence-electron chi connectivity index (χ3n) is 5.62. The quantitative estimate of drug-likeness (QED) is 0.386. The molecule has 0 unspecified atom stereocenters. The van der Waals surface area contributed by atoms with Crippen LogP contribution in [-0.4, -0.2) is 15.4 Å². The van der Waals surface area contributed by atoms with Crippen molar-refractivity contribution in [2.45, 2.75) is 6.92 Å². The summed E-state index contributed by atoms with van der Waals surface area (Å²) in [5.41, 5.74) is 3.91. The zero-order valence-corrected chi connectivity index (χ0v) is 16.9. The predicted molar refractivity (Wildman–Crippen MR) is 123 cm³/mol. The van der Waals surface area contributed by atoms with Crippen molar-refractivity contribution in [1.29, 1.82) is 0 Å². The average Bonchev–Trinajstić information content (AvgIpc) is 2.75. The Labute approximate surface area is 163 Å². The summed E-state index contributed by atoms with van der Waals surface area (Å²) in [5.74, 6) is 0. The van der Waals surface area contributed by atoms with Gasteiger partial charge >= 0.3 is 0 Å². The fourth-order valence-electron chi connectivity index (χ4n) is 3.92. The van der Waals surface area contributed by atoms with Crippen LogP contribution in [0, 0.1) is 6.92 Å². The highest BCUT2D eigenvalue weighted by Gasteiger charge is 2.33. The maximum Gasteiger partial charge on any atom is 0.114 e. The minimum absolute atomic E-state index is 1.29. The molecule has 0 radical (unpaired) electrons. The van der Waals surface area contributed by atoms with Crippen LogP contribution < -0.4 is 15.6 Å². The van der Waals surface area contributed by atoms with Gasteiger partial charge in [-0.15, -0.1) is 0 Å². The number of rotatable bonds is 4. The van der Waals surface area contributed by atoms with Crippen LogP contribution in [-0.2, 0) is 0 Å². The smallest absolute Gasteiger partial charge is 0.0629 e. The topological polar surface area (TPSA) is 0 Å². The van der Waals surface area contributed by atoms with Crippen LogP contribution in [0.25, 0.3) is 11.1 Å². The third-order valence-corrected chi connectivity index (χ3v) is 10.1. The molecule has 0 aliphatic carbocycles. The van der Waals surface area contributed by atoms with Gasteiger partial charge in [-0.3, -0.25) is 0 Å². The van der Waals surface area contributed by atoms with Gasteiger partial charge < -0.3 is 0 Å². The molecule has 4 rings (SSSR count).